The highest BCUT2D eigenvalue weighted by molar-refractivity contribution is 6.04. The van der Waals surface area contributed by atoms with Crippen molar-refractivity contribution in [1.29, 1.82) is 0 Å². The first-order valence-electron chi connectivity index (χ1n) is 12.6. The number of carbonyl (C=O) groups is 1. The quantitative estimate of drug-likeness (QED) is 0.344. The lowest BCUT2D eigenvalue weighted by Gasteiger charge is -2.30. The van der Waals surface area contributed by atoms with Crippen molar-refractivity contribution in [2.75, 3.05) is 26.6 Å². The Morgan fingerprint density at radius 2 is 1.62 bits per heavy atom. The van der Waals surface area contributed by atoms with E-state index in [2.05, 4.69) is 59.0 Å². The van der Waals surface area contributed by atoms with Gasteiger partial charge in [0.1, 0.15) is 28.7 Å². The first-order valence-corrected chi connectivity index (χ1v) is 12.6. The summed E-state index contributed by atoms with van der Waals surface area (Å²) in [5.74, 6) is 3.30. The van der Waals surface area contributed by atoms with Crippen LogP contribution in [0, 0.1) is 18.8 Å². The summed E-state index contributed by atoms with van der Waals surface area (Å²) in [5.41, 5.74) is 4.08. The number of hydrogen-bond acceptors (Lipinski definition) is 6. The summed E-state index contributed by atoms with van der Waals surface area (Å²) in [6.07, 6.45) is 0. The Kier molecular flexibility index (Phi) is 7.18. The number of methoxy groups -OCH3 is 3. The molecule has 2 unspecified atom stereocenters. The highest BCUT2D eigenvalue weighted by Crippen LogP contribution is 2.56. The maximum atomic E-state index is 13.1. The molecule has 1 aliphatic carbocycles. The molecule has 0 fully saturated rings. The van der Waals surface area contributed by atoms with Crippen molar-refractivity contribution in [2.45, 2.75) is 52.9 Å². The first-order chi connectivity index (χ1) is 17.5. The van der Waals surface area contributed by atoms with E-state index >= 15 is 0 Å². The molecule has 1 amide bonds. The fourth-order valence-corrected chi connectivity index (χ4v) is 5.49. The molecule has 1 aromatic heterocycles. The van der Waals surface area contributed by atoms with Crippen molar-refractivity contribution in [1.82, 2.24) is 0 Å². The third-order valence-corrected chi connectivity index (χ3v) is 7.68. The molecule has 1 N–H and O–H groups in total. The van der Waals surface area contributed by atoms with Crippen molar-refractivity contribution in [2.24, 2.45) is 11.8 Å². The van der Waals surface area contributed by atoms with Crippen LogP contribution >= 0.6 is 0 Å². The molecular weight excluding hydrogens is 470 g/mol. The fraction of sp³-hybridized carbons (Fsp3) is 0.433. The van der Waals surface area contributed by atoms with E-state index in [-0.39, 0.29) is 17.1 Å². The van der Waals surface area contributed by atoms with Crippen molar-refractivity contribution in [3.8, 4) is 28.9 Å². The van der Waals surface area contributed by atoms with E-state index in [1.165, 1.54) is 25.3 Å². The van der Waals surface area contributed by atoms with Crippen LogP contribution in [0.4, 0.5) is 5.69 Å². The highest BCUT2D eigenvalue weighted by atomic mass is 16.6. The van der Waals surface area contributed by atoms with Crippen LogP contribution in [0.25, 0.3) is 0 Å². The second-order valence-electron chi connectivity index (χ2n) is 10.6. The molecule has 0 aliphatic heterocycles. The summed E-state index contributed by atoms with van der Waals surface area (Å²) < 4.78 is 28.3. The molecule has 0 spiro atoms. The zero-order valence-corrected chi connectivity index (χ0v) is 23.1. The van der Waals surface area contributed by atoms with Crippen LogP contribution < -0.4 is 24.3 Å². The Labute approximate surface area is 219 Å². The number of ether oxygens (including phenoxy) is 4. The second-order valence-corrected chi connectivity index (χ2v) is 10.6. The molecule has 1 aliphatic rings. The number of amides is 1. The van der Waals surface area contributed by atoms with E-state index in [1.807, 2.05) is 0 Å². The predicted molar refractivity (Wildman–Crippen MR) is 144 cm³/mol. The molecule has 37 heavy (non-hydrogen) atoms. The van der Waals surface area contributed by atoms with E-state index in [0.29, 0.717) is 40.7 Å². The minimum atomic E-state index is -0.457. The van der Waals surface area contributed by atoms with Gasteiger partial charge in [-0.2, -0.15) is 0 Å². The van der Waals surface area contributed by atoms with Gasteiger partial charge in [-0.15, -0.1) is 0 Å². The van der Waals surface area contributed by atoms with Gasteiger partial charge in [0.15, 0.2) is 5.76 Å². The molecule has 0 bridgehead atoms. The van der Waals surface area contributed by atoms with Crippen LogP contribution in [-0.4, -0.2) is 27.2 Å². The molecule has 0 saturated heterocycles. The first kappa shape index (κ1) is 26.5. The molecule has 3 aromatic rings. The Balaban J connectivity index is 1.63. The minimum Gasteiger partial charge on any atom is -0.496 e. The van der Waals surface area contributed by atoms with Crippen molar-refractivity contribution >= 4 is 11.6 Å². The maximum absolute atomic E-state index is 13.1. The minimum absolute atomic E-state index is 0.0269. The van der Waals surface area contributed by atoms with E-state index in [4.69, 9.17) is 23.4 Å². The maximum Gasteiger partial charge on any atom is 0.291 e. The van der Waals surface area contributed by atoms with Crippen LogP contribution in [-0.2, 0) is 5.41 Å². The summed E-state index contributed by atoms with van der Waals surface area (Å²) in [4.78, 5) is 13.1. The normalized spacial score (nSPS) is 17.9. The largest absolute Gasteiger partial charge is 0.496 e. The predicted octanol–water partition coefficient (Wildman–Crippen LogP) is 7.33. The molecule has 0 saturated carbocycles. The number of aryl methyl sites for hydroxylation is 1. The van der Waals surface area contributed by atoms with Crippen LogP contribution in [0.5, 0.6) is 28.9 Å². The van der Waals surface area contributed by atoms with Crippen molar-refractivity contribution in [3.63, 3.8) is 0 Å². The van der Waals surface area contributed by atoms with Gasteiger partial charge in [-0.3, -0.25) is 4.79 Å². The molecule has 2 aromatic carbocycles. The van der Waals surface area contributed by atoms with Gasteiger partial charge >= 0.3 is 0 Å². The van der Waals surface area contributed by atoms with E-state index in [0.717, 1.165) is 11.3 Å². The number of benzene rings is 2. The molecule has 2 atom stereocenters. The molecule has 7 heteroatoms. The topological polar surface area (TPSA) is 79.2 Å². The third kappa shape index (κ3) is 4.75. The number of nitrogens with one attached hydrogen (secondary N) is 1. The van der Waals surface area contributed by atoms with Crippen LogP contribution in [0.15, 0.2) is 40.8 Å². The zero-order valence-electron chi connectivity index (χ0n) is 23.1. The number of fused-ring (bicyclic) bond motifs is 1. The van der Waals surface area contributed by atoms with Gasteiger partial charge in [0, 0.05) is 23.8 Å². The van der Waals surface area contributed by atoms with E-state index < -0.39 is 5.91 Å². The lowest BCUT2D eigenvalue weighted by molar-refractivity contribution is 0.0991. The zero-order chi connectivity index (χ0) is 27.1. The second kappa shape index (κ2) is 10.0. The number of hydrogen-bond donors (Lipinski definition) is 1. The smallest absolute Gasteiger partial charge is 0.291 e. The molecule has 4 rings (SSSR count). The Morgan fingerprint density at radius 3 is 2.19 bits per heavy atom. The van der Waals surface area contributed by atoms with Crippen LogP contribution in [0.1, 0.15) is 67.8 Å². The summed E-state index contributed by atoms with van der Waals surface area (Å²) in [5, 5.41) is 2.82. The summed E-state index contributed by atoms with van der Waals surface area (Å²) in [6, 6.07) is 10.9. The Bertz CT molecular complexity index is 1280. The van der Waals surface area contributed by atoms with Crippen molar-refractivity contribution < 1.29 is 28.2 Å². The average molecular weight is 508 g/mol. The number of anilines is 1. The van der Waals surface area contributed by atoms with Crippen LogP contribution in [0.3, 0.4) is 0 Å². The summed E-state index contributed by atoms with van der Waals surface area (Å²) >= 11 is 0. The Morgan fingerprint density at radius 1 is 0.973 bits per heavy atom. The monoisotopic (exact) mass is 507 g/mol. The standard InChI is InChI=1S/C30H37NO6/c1-16(2)26-18(4)30(5,6)20-12-17(3)13-22(27(20)26)37-25-11-10-21(36-25)29(32)31-28-23(34-8)14-19(33-7)15-24(28)35-9/h10-16,18,26H,1-9H3,(H,31,32). The summed E-state index contributed by atoms with van der Waals surface area (Å²) in [7, 11) is 4.57. The van der Waals surface area contributed by atoms with Gasteiger partial charge in [0.2, 0.25) is 0 Å². The molecule has 1 heterocycles. The van der Waals surface area contributed by atoms with E-state index in [9.17, 15) is 4.79 Å². The third-order valence-electron chi connectivity index (χ3n) is 7.68. The van der Waals surface area contributed by atoms with Gasteiger partial charge in [-0.25, -0.2) is 0 Å². The Hall–Kier alpha value is -3.61. The van der Waals surface area contributed by atoms with Gasteiger partial charge in [0.05, 0.1) is 21.3 Å². The molecular formula is C30H37NO6. The number of furan rings is 1. The molecule has 7 nitrogen and oxygen atoms in total. The lowest BCUT2D eigenvalue weighted by atomic mass is 9.74. The van der Waals surface area contributed by atoms with Gasteiger partial charge < -0.3 is 28.7 Å². The van der Waals surface area contributed by atoms with Crippen molar-refractivity contribution in [3.05, 3.63) is 58.8 Å². The fourth-order valence-electron chi connectivity index (χ4n) is 5.49. The highest BCUT2D eigenvalue weighted by Gasteiger charge is 2.46. The van der Waals surface area contributed by atoms with Crippen LogP contribution in [0.2, 0.25) is 0 Å². The molecule has 198 valence electrons. The number of rotatable bonds is 8. The molecule has 0 radical (unpaired) electrons. The summed E-state index contributed by atoms with van der Waals surface area (Å²) in [6.45, 7) is 13.5. The van der Waals surface area contributed by atoms with Gasteiger partial charge in [0.25, 0.3) is 11.9 Å². The van der Waals surface area contributed by atoms with Gasteiger partial charge in [-0.1, -0.05) is 40.7 Å². The lowest BCUT2D eigenvalue weighted by Crippen LogP contribution is -2.25. The van der Waals surface area contributed by atoms with Gasteiger partial charge in [-0.05, 0) is 53.4 Å². The average Bonchev–Trinajstić information content (AvgIpc) is 3.40. The number of carbonyl (C=O) groups excluding carboxylic acids is 1. The SMILES string of the molecule is COc1cc(OC)c(NC(=O)c2ccc(Oc3cc(C)cc4c3C(C(C)C)C(C)C4(C)C)o2)c(OC)c1. The van der Waals surface area contributed by atoms with E-state index in [1.54, 1.807) is 31.4 Å².